The Morgan fingerprint density at radius 2 is 1.59 bits per heavy atom. The summed E-state index contributed by atoms with van der Waals surface area (Å²) >= 11 is 4.00. The maximum Gasteiger partial charge on any atom is 0.143 e. The van der Waals surface area contributed by atoms with E-state index in [1.165, 1.54) is 25.7 Å². The van der Waals surface area contributed by atoms with E-state index in [0.29, 0.717) is 6.54 Å². The highest BCUT2D eigenvalue weighted by Crippen LogP contribution is 1.85. The molecule has 0 aromatic carbocycles. The zero-order chi connectivity index (χ0) is 13.9. The summed E-state index contributed by atoms with van der Waals surface area (Å²) in [4.78, 5) is 9.98. The molecule has 0 aliphatic rings. The lowest BCUT2D eigenvalue weighted by Crippen LogP contribution is -2.14. The number of unbranched alkanes of at least 4 members (excludes halogenated alkanes) is 2. The van der Waals surface area contributed by atoms with E-state index in [2.05, 4.69) is 37.1 Å². The molecule has 0 fully saturated rings. The highest BCUT2D eigenvalue weighted by atomic mass is 32.1. The highest BCUT2D eigenvalue weighted by Gasteiger charge is 1.82. The third-order valence-corrected chi connectivity index (χ3v) is 2.03. The van der Waals surface area contributed by atoms with Crippen molar-refractivity contribution in [2.75, 3.05) is 32.9 Å². The molecule has 0 aromatic rings. The van der Waals surface area contributed by atoms with E-state index in [4.69, 9.17) is 0 Å². The average Bonchev–Trinajstić information content (AvgIpc) is 2.29. The number of ketones is 1. The van der Waals surface area contributed by atoms with Crippen LogP contribution in [0.4, 0.5) is 0 Å². The van der Waals surface area contributed by atoms with Gasteiger partial charge in [-0.15, -0.1) is 0 Å². The standard InChI is InChI=1S/C5H13N.C4H9NO.C4H10S/c1-3-4-5-6-2;1-4(6)3-5-2;1-2-3-4-5/h6H,3-5H2,1-2H3;5H,3H2,1-2H3;5H,2-4H2,1H3. The summed E-state index contributed by atoms with van der Waals surface area (Å²) in [7, 11) is 3.73. The van der Waals surface area contributed by atoms with E-state index in [1.54, 1.807) is 14.0 Å². The maximum absolute atomic E-state index is 9.98. The van der Waals surface area contributed by atoms with E-state index in [9.17, 15) is 4.79 Å². The average molecular weight is 264 g/mol. The summed E-state index contributed by atoms with van der Waals surface area (Å²) in [5, 5.41) is 5.79. The third kappa shape index (κ3) is 49.1. The van der Waals surface area contributed by atoms with E-state index in [0.717, 1.165) is 12.3 Å². The van der Waals surface area contributed by atoms with Crippen molar-refractivity contribution in [3.05, 3.63) is 0 Å². The minimum Gasteiger partial charge on any atom is -0.320 e. The van der Waals surface area contributed by atoms with Crippen molar-refractivity contribution in [1.29, 1.82) is 0 Å². The van der Waals surface area contributed by atoms with Crippen molar-refractivity contribution in [3.63, 3.8) is 0 Å². The topological polar surface area (TPSA) is 41.1 Å². The Hall–Kier alpha value is -0.0600. The van der Waals surface area contributed by atoms with Crippen LogP contribution < -0.4 is 10.6 Å². The van der Waals surface area contributed by atoms with Crippen LogP contribution in [0.1, 0.15) is 46.5 Å². The van der Waals surface area contributed by atoms with Gasteiger partial charge in [-0.3, -0.25) is 4.79 Å². The minimum atomic E-state index is 0.178. The van der Waals surface area contributed by atoms with Crippen molar-refractivity contribution in [3.8, 4) is 0 Å². The van der Waals surface area contributed by atoms with Crippen molar-refractivity contribution in [2.45, 2.75) is 46.5 Å². The van der Waals surface area contributed by atoms with Gasteiger partial charge in [-0.2, -0.15) is 12.6 Å². The van der Waals surface area contributed by atoms with Crippen LogP contribution in [0.15, 0.2) is 0 Å². The second-order valence-electron chi connectivity index (χ2n) is 3.77. The summed E-state index contributed by atoms with van der Waals surface area (Å²) < 4.78 is 0. The molecule has 106 valence electrons. The smallest absolute Gasteiger partial charge is 0.143 e. The summed E-state index contributed by atoms with van der Waals surface area (Å²) in [6, 6.07) is 0. The number of Topliss-reactive ketones (excluding diaryl/α,β-unsaturated/α-hetero) is 1. The molecule has 0 rings (SSSR count). The van der Waals surface area contributed by atoms with Gasteiger partial charge < -0.3 is 10.6 Å². The van der Waals surface area contributed by atoms with Gasteiger partial charge >= 0.3 is 0 Å². The molecule has 0 saturated carbocycles. The molecule has 2 N–H and O–H groups in total. The Bertz CT molecular complexity index is 127. The molecule has 4 heteroatoms. The number of hydrogen-bond donors (Lipinski definition) is 3. The van der Waals surface area contributed by atoms with Gasteiger partial charge in [0.2, 0.25) is 0 Å². The first-order chi connectivity index (χ1) is 8.10. The largest absolute Gasteiger partial charge is 0.320 e. The van der Waals surface area contributed by atoms with Gasteiger partial charge in [-0.05, 0) is 46.2 Å². The van der Waals surface area contributed by atoms with Gasteiger partial charge in [0.15, 0.2) is 0 Å². The number of carbonyl (C=O) groups is 1. The van der Waals surface area contributed by atoms with Crippen LogP contribution >= 0.6 is 12.6 Å². The fourth-order valence-corrected chi connectivity index (χ4v) is 1.08. The van der Waals surface area contributed by atoms with E-state index < -0.39 is 0 Å². The molecule has 17 heavy (non-hydrogen) atoms. The quantitative estimate of drug-likeness (QED) is 0.489. The fourth-order valence-electron chi connectivity index (χ4n) is 0.761. The van der Waals surface area contributed by atoms with Crippen LogP contribution in [0, 0.1) is 0 Å². The number of likely N-dealkylation sites (N-methyl/N-ethyl adjacent to an activating group) is 1. The Morgan fingerprint density at radius 1 is 1.06 bits per heavy atom. The molecule has 0 atom stereocenters. The Labute approximate surface area is 114 Å². The maximum atomic E-state index is 9.98. The Balaban J connectivity index is -0.000000174. The SMILES string of the molecule is CCCCNC.CCCCS.CNCC(C)=O. The summed E-state index contributed by atoms with van der Waals surface area (Å²) in [6.45, 7) is 7.56. The summed E-state index contributed by atoms with van der Waals surface area (Å²) in [5.41, 5.74) is 0. The first-order valence-corrected chi connectivity index (χ1v) is 7.13. The number of hydrogen-bond acceptors (Lipinski definition) is 4. The molecule has 3 nitrogen and oxygen atoms in total. The van der Waals surface area contributed by atoms with Crippen LogP contribution in [-0.2, 0) is 4.79 Å². The second-order valence-corrected chi connectivity index (χ2v) is 4.21. The highest BCUT2D eigenvalue weighted by molar-refractivity contribution is 7.80. The number of thiol groups is 1. The number of rotatable bonds is 7. The molecule has 0 aromatic heterocycles. The van der Waals surface area contributed by atoms with Gasteiger partial charge in [0.1, 0.15) is 5.78 Å². The molecular formula is C13H32N2OS. The molecule has 0 bridgehead atoms. The first-order valence-electron chi connectivity index (χ1n) is 6.50. The number of nitrogens with one attached hydrogen (secondary N) is 2. The zero-order valence-corrected chi connectivity index (χ0v) is 13.2. The van der Waals surface area contributed by atoms with Gasteiger partial charge in [0, 0.05) is 0 Å². The zero-order valence-electron chi connectivity index (χ0n) is 12.3. The molecule has 0 aliphatic carbocycles. The molecule has 0 saturated heterocycles. The lowest BCUT2D eigenvalue weighted by atomic mass is 10.3. The summed E-state index contributed by atoms with van der Waals surface area (Å²) in [6.07, 6.45) is 5.12. The molecular weight excluding hydrogens is 232 g/mol. The van der Waals surface area contributed by atoms with Gasteiger partial charge in [-0.1, -0.05) is 26.7 Å². The van der Waals surface area contributed by atoms with Crippen LogP contribution in [0.3, 0.4) is 0 Å². The fraction of sp³-hybridized carbons (Fsp3) is 0.923. The third-order valence-electron chi connectivity index (χ3n) is 1.72. The van der Waals surface area contributed by atoms with Crippen LogP contribution in [0.2, 0.25) is 0 Å². The van der Waals surface area contributed by atoms with Crippen molar-refractivity contribution in [2.24, 2.45) is 0 Å². The lowest BCUT2D eigenvalue weighted by Gasteiger charge is -1.89. The van der Waals surface area contributed by atoms with Crippen molar-refractivity contribution >= 4 is 18.4 Å². The Kier molecular flexibility index (Phi) is 32.5. The van der Waals surface area contributed by atoms with Crippen LogP contribution in [0.25, 0.3) is 0 Å². The normalized spacial score (nSPS) is 8.59. The number of carbonyl (C=O) groups excluding carboxylic acids is 1. The monoisotopic (exact) mass is 264 g/mol. The van der Waals surface area contributed by atoms with Gasteiger partial charge in [0.05, 0.1) is 6.54 Å². The summed E-state index contributed by atoms with van der Waals surface area (Å²) in [5.74, 6) is 1.22. The Morgan fingerprint density at radius 3 is 1.65 bits per heavy atom. The van der Waals surface area contributed by atoms with Gasteiger partial charge in [0.25, 0.3) is 0 Å². The van der Waals surface area contributed by atoms with Crippen LogP contribution in [0.5, 0.6) is 0 Å². The molecule has 0 spiro atoms. The first kappa shape index (κ1) is 22.1. The predicted molar refractivity (Wildman–Crippen MR) is 82.2 cm³/mol. The van der Waals surface area contributed by atoms with Gasteiger partial charge in [-0.25, -0.2) is 0 Å². The van der Waals surface area contributed by atoms with Crippen molar-refractivity contribution in [1.82, 2.24) is 10.6 Å². The predicted octanol–water partition coefficient (Wildman–Crippen LogP) is 2.52. The molecule has 0 radical (unpaired) electrons. The van der Waals surface area contributed by atoms with E-state index in [-0.39, 0.29) is 5.78 Å². The molecule has 0 aliphatic heterocycles. The van der Waals surface area contributed by atoms with E-state index >= 15 is 0 Å². The molecule has 0 unspecified atom stereocenters. The second kappa shape index (κ2) is 25.0. The molecule has 0 amide bonds. The van der Waals surface area contributed by atoms with Crippen molar-refractivity contribution < 1.29 is 4.79 Å². The lowest BCUT2D eigenvalue weighted by molar-refractivity contribution is -0.116. The minimum absolute atomic E-state index is 0.178. The van der Waals surface area contributed by atoms with E-state index in [1.807, 2.05) is 7.05 Å². The van der Waals surface area contributed by atoms with Crippen LogP contribution in [-0.4, -0.2) is 38.7 Å². The molecule has 0 heterocycles.